The van der Waals surface area contributed by atoms with E-state index in [0.717, 1.165) is 66.0 Å². The lowest BCUT2D eigenvalue weighted by atomic mass is 9.86. The highest BCUT2D eigenvalue weighted by atomic mass is 16.5. The largest absolute Gasteiger partial charge is 0.495 e. The molecule has 3 atom stereocenters. The van der Waals surface area contributed by atoms with Gasteiger partial charge in [-0.05, 0) is 56.9 Å². The summed E-state index contributed by atoms with van der Waals surface area (Å²) in [5, 5.41) is 1.06. The summed E-state index contributed by atoms with van der Waals surface area (Å²) >= 11 is 0. The van der Waals surface area contributed by atoms with Gasteiger partial charge in [0.05, 0.1) is 12.6 Å². The molecule has 3 fully saturated rings. The highest BCUT2D eigenvalue weighted by molar-refractivity contribution is 6.11. The Labute approximate surface area is 193 Å². The van der Waals surface area contributed by atoms with E-state index in [2.05, 4.69) is 28.7 Å². The number of hydrogen-bond donors (Lipinski definition) is 0. The average molecular weight is 437 g/mol. The van der Waals surface area contributed by atoms with Crippen molar-refractivity contribution < 1.29 is 9.53 Å². The molecule has 1 aromatic carbocycles. The molecule has 4 nitrogen and oxygen atoms in total. The number of fused-ring (bicyclic) bond motifs is 3. The number of aryl methyl sites for hydroxylation is 1. The molecular formula is C28H40N2O2. The number of ketones is 1. The van der Waals surface area contributed by atoms with Crippen LogP contribution < -0.4 is 4.74 Å². The van der Waals surface area contributed by atoms with Crippen LogP contribution >= 0.6 is 0 Å². The lowest BCUT2D eigenvalue weighted by molar-refractivity contribution is 0.0965. The molecular weight excluding hydrogens is 396 g/mol. The van der Waals surface area contributed by atoms with Crippen molar-refractivity contribution in [2.75, 3.05) is 13.7 Å². The van der Waals surface area contributed by atoms with Gasteiger partial charge < -0.3 is 9.30 Å². The van der Waals surface area contributed by atoms with Crippen LogP contribution in [0.15, 0.2) is 24.4 Å². The first-order valence-electron chi connectivity index (χ1n) is 13.1. The lowest BCUT2D eigenvalue weighted by Crippen LogP contribution is -2.43. The second kappa shape index (κ2) is 9.59. The van der Waals surface area contributed by atoms with Gasteiger partial charge in [-0.2, -0.15) is 0 Å². The first-order chi connectivity index (χ1) is 15.7. The minimum atomic E-state index is 0.245. The van der Waals surface area contributed by atoms with Crippen molar-refractivity contribution in [2.24, 2.45) is 11.8 Å². The van der Waals surface area contributed by atoms with Gasteiger partial charge in [-0.1, -0.05) is 44.7 Å². The number of carbonyl (C=O) groups is 1. The Morgan fingerprint density at radius 3 is 2.50 bits per heavy atom. The van der Waals surface area contributed by atoms with Gasteiger partial charge in [0.2, 0.25) is 0 Å². The molecule has 1 aromatic heterocycles. The minimum Gasteiger partial charge on any atom is -0.495 e. The topological polar surface area (TPSA) is 34.5 Å². The number of carbonyl (C=O) groups excluding carboxylic acids is 1. The molecule has 0 unspecified atom stereocenters. The Morgan fingerprint density at radius 1 is 1.03 bits per heavy atom. The molecule has 0 N–H and O–H groups in total. The van der Waals surface area contributed by atoms with Crippen molar-refractivity contribution in [3.63, 3.8) is 0 Å². The van der Waals surface area contributed by atoms with E-state index in [-0.39, 0.29) is 5.92 Å². The van der Waals surface area contributed by atoms with Crippen LogP contribution in [-0.2, 0) is 6.54 Å². The number of para-hydroxylation sites is 1. The van der Waals surface area contributed by atoms with Gasteiger partial charge in [-0.3, -0.25) is 9.69 Å². The molecule has 174 valence electrons. The third-order valence-corrected chi connectivity index (χ3v) is 8.31. The van der Waals surface area contributed by atoms with Crippen molar-refractivity contribution in [1.29, 1.82) is 0 Å². The summed E-state index contributed by atoms with van der Waals surface area (Å²) in [7, 11) is 1.73. The maximum atomic E-state index is 12.9. The highest BCUT2D eigenvalue weighted by Crippen LogP contribution is 2.41. The highest BCUT2D eigenvalue weighted by Gasteiger charge is 2.39. The van der Waals surface area contributed by atoms with Gasteiger partial charge in [0.15, 0.2) is 5.78 Å². The molecule has 0 spiro atoms. The van der Waals surface area contributed by atoms with E-state index in [1.54, 1.807) is 7.11 Å². The van der Waals surface area contributed by atoms with E-state index in [1.807, 2.05) is 12.1 Å². The van der Waals surface area contributed by atoms with E-state index in [9.17, 15) is 4.79 Å². The molecule has 3 heterocycles. The number of rotatable bonds is 11. The van der Waals surface area contributed by atoms with E-state index in [0.29, 0.717) is 5.78 Å². The van der Waals surface area contributed by atoms with Crippen molar-refractivity contribution in [3.8, 4) is 5.75 Å². The van der Waals surface area contributed by atoms with Gasteiger partial charge in [-0.15, -0.1) is 0 Å². The van der Waals surface area contributed by atoms with E-state index >= 15 is 0 Å². The van der Waals surface area contributed by atoms with Crippen LogP contribution in [0.3, 0.4) is 0 Å². The quantitative estimate of drug-likeness (QED) is 0.300. The number of Topliss-reactive ketones (excluding diaryl/α,β-unsaturated/α-hetero) is 1. The van der Waals surface area contributed by atoms with E-state index < -0.39 is 0 Å². The molecule has 2 saturated heterocycles. The zero-order chi connectivity index (χ0) is 22.1. The van der Waals surface area contributed by atoms with Crippen LogP contribution in [0.5, 0.6) is 5.75 Å². The Balaban J connectivity index is 1.25. The number of piperidine rings is 1. The van der Waals surface area contributed by atoms with Gasteiger partial charge >= 0.3 is 0 Å². The summed E-state index contributed by atoms with van der Waals surface area (Å²) in [5.74, 6) is 2.41. The number of unbranched alkanes of at least 4 members (excludes halogenated alkanes) is 2. The van der Waals surface area contributed by atoms with Crippen LogP contribution in [-0.4, -0.2) is 41.0 Å². The number of methoxy groups -OCH3 is 1. The lowest BCUT2D eigenvalue weighted by Gasteiger charge is -2.39. The number of hydrogen-bond acceptors (Lipinski definition) is 3. The number of ether oxygens (including phenoxy) is 1. The molecule has 2 aliphatic heterocycles. The fraction of sp³-hybridized carbons (Fsp3) is 0.679. The van der Waals surface area contributed by atoms with Crippen LogP contribution in [0.4, 0.5) is 0 Å². The second-order valence-corrected chi connectivity index (χ2v) is 10.5. The number of benzene rings is 1. The van der Waals surface area contributed by atoms with Crippen molar-refractivity contribution in [3.05, 3.63) is 30.0 Å². The van der Waals surface area contributed by atoms with Crippen molar-refractivity contribution in [1.82, 2.24) is 9.47 Å². The summed E-state index contributed by atoms with van der Waals surface area (Å²) in [6.07, 6.45) is 16.6. The monoisotopic (exact) mass is 436 g/mol. The summed E-state index contributed by atoms with van der Waals surface area (Å²) in [6.45, 7) is 4.43. The minimum absolute atomic E-state index is 0.245. The molecule has 1 saturated carbocycles. The molecule has 1 aliphatic carbocycles. The second-order valence-electron chi connectivity index (χ2n) is 10.5. The van der Waals surface area contributed by atoms with Gasteiger partial charge in [-0.25, -0.2) is 0 Å². The summed E-state index contributed by atoms with van der Waals surface area (Å²) in [6, 6.07) is 7.74. The van der Waals surface area contributed by atoms with Crippen LogP contribution in [0.2, 0.25) is 0 Å². The molecule has 0 amide bonds. The van der Waals surface area contributed by atoms with Crippen LogP contribution in [0, 0.1) is 11.8 Å². The molecule has 0 radical (unpaired) electrons. The first-order valence-corrected chi connectivity index (χ1v) is 13.1. The first kappa shape index (κ1) is 22.0. The fourth-order valence-electron chi connectivity index (χ4n) is 6.52. The number of aromatic nitrogens is 1. The molecule has 3 aliphatic rings. The Hall–Kier alpha value is -1.81. The summed E-state index contributed by atoms with van der Waals surface area (Å²) < 4.78 is 7.98. The zero-order valence-corrected chi connectivity index (χ0v) is 20.0. The summed E-state index contributed by atoms with van der Waals surface area (Å²) in [5.41, 5.74) is 1.99. The predicted molar refractivity (Wildman–Crippen MR) is 131 cm³/mol. The predicted octanol–water partition coefficient (Wildman–Crippen LogP) is 6.46. The SMILES string of the molecule is CCCCC[C@H]1C[C@H]2CC[C@@H](C1)N2CCCn1cc(C(=O)C2CC2)c2cccc(OC)c21. The average Bonchev–Trinajstić information content (AvgIpc) is 3.55. The standard InChI is InChI=1S/C28H40N2O2/c1-3-4-5-8-20-17-22-13-14-23(18-20)30(22)16-7-15-29-19-25(28(31)21-11-12-21)24-9-6-10-26(32-2)27(24)29/h6,9-10,19-23H,3-5,7-8,11-18H2,1-2H3/t20-,22+,23-. The van der Waals surface area contributed by atoms with Crippen LogP contribution in [0.25, 0.3) is 10.9 Å². The normalized spacial score (nSPS) is 25.5. The number of nitrogens with zero attached hydrogens (tertiary/aromatic N) is 2. The molecule has 5 rings (SSSR count). The maximum absolute atomic E-state index is 12.9. The molecule has 32 heavy (non-hydrogen) atoms. The third-order valence-electron chi connectivity index (χ3n) is 8.31. The van der Waals surface area contributed by atoms with Crippen molar-refractivity contribution >= 4 is 16.7 Å². The van der Waals surface area contributed by atoms with Gasteiger partial charge in [0.1, 0.15) is 5.75 Å². The Morgan fingerprint density at radius 2 is 1.81 bits per heavy atom. The Kier molecular flexibility index (Phi) is 6.59. The van der Waals surface area contributed by atoms with E-state index in [1.165, 1.54) is 57.9 Å². The molecule has 4 heteroatoms. The fourth-order valence-corrected chi connectivity index (χ4v) is 6.52. The molecule has 2 bridgehead atoms. The molecule has 2 aromatic rings. The van der Waals surface area contributed by atoms with Crippen LogP contribution in [0.1, 0.15) is 87.9 Å². The Bertz CT molecular complexity index is 930. The summed E-state index contributed by atoms with van der Waals surface area (Å²) in [4.78, 5) is 15.7. The smallest absolute Gasteiger partial charge is 0.168 e. The van der Waals surface area contributed by atoms with E-state index in [4.69, 9.17) is 4.74 Å². The van der Waals surface area contributed by atoms with Crippen molar-refractivity contribution in [2.45, 2.75) is 96.2 Å². The van der Waals surface area contributed by atoms with Gasteiger partial charge in [0.25, 0.3) is 0 Å². The third kappa shape index (κ3) is 4.35. The zero-order valence-electron chi connectivity index (χ0n) is 20.0. The maximum Gasteiger partial charge on any atom is 0.168 e. The van der Waals surface area contributed by atoms with Gasteiger partial charge in [0, 0.05) is 48.2 Å².